The van der Waals surface area contributed by atoms with Gasteiger partial charge >= 0.3 is 0 Å². The molecule has 0 aliphatic carbocycles. The average molecular weight is 296 g/mol. The fourth-order valence-electron chi connectivity index (χ4n) is 3.17. The molecule has 1 unspecified atom stereocenters. The Bertz CT molecular complexity index is 702. The van der Waals surface area contributed by atoms with Crippen LogP contribution in [0.4, 0.5) is 5.82 Å². The van der Waals surface area contributed by atoms with Gasteiger partial charge in [-0.25, -0.2) is 15.0 Å². The van der Waals surface area contributed by atoms with Crippen molar-refractivity contribution >= 4 is 12.2 Å². The molecule has 22 heavy (non-hydrogen) atoms. The number of aromatic nitrogens is 2. The quantitative estimate of drug-likeness (QED) is 0.867. The zero-order chi connectivity index (χ0) is 15.1. The first-order valence-corrected chi connectivity index (χ1v) is 7.76. The maximum Gasteiger partial charge on any atom is 0.171 e. The molecule has 0 radical (unpaired) electrons. The third-order valence-electron chi connectivity index (χ3n) is 4.42. The zero-order valence-electron chi connectivity index (χ0n) is 12.9. The number of fused-ring (bicyclic) bond motifs is 6. The van der Waals surface area contributed by atoms with Crippen molar-refractivity contribution in [2.45, 2.75) is 20.0 Å². The second-order valence-electron chi connectivity index (χ2n) is 5.55. The van der Waals surface area contributed by atoms with Crippen molar-refractivity contribution in [2.75, 3.05) is 24.8 Å². The lowest BCUT2D eigenvalue weighted by molar-refractivity contribution is 0.194. The van der Waals surface area contributed by atoms with Crippen LogP contribution in [0.5, 0.6) is 0 Å². The van der Waals surface area contributed by atoms with E-state index in [2.05, 4.69) is 62.6 Å². The fraction of sp³-hybridized carbons (Fsp3) is 0.375. The van der Waals surface area contributed by atoms with Crippen LogP contribution in [-0.4, -0.2) is 45.6 Å². The van der Waals surface area contributed by atoms with E-state index in [0.717, 1.165) is 31.3 Å². The van der Waals surface area contributed by atoms with Crippen molar-refractivity contribution in [3.63, 3.8) is 0 Å². The molecule has 1 aromatic heterocycles. The molecule has 0 saturated heterocycles. The molecular formula is C16H20N6. The number of imidazole rings is 1. The number of hydrogen-bond donors (Lipinski definition) is 0. The number of anilines is 1. The van der Waals surface area contributed by atoms with Gasteiger partial charge in [-0.15, -0.1) is 0 Å². The van der Waals surface area contributed by atoms with E-state index in [4.69, 9.17) is 4.99 Å². The van der Waals surface area contributed by atoms with Crippen LogP contribution in [0.25, 0.3) is 5.69 Å². The lowest BCUT2D eigenvalue weighted by Gasteiger charge is -2.39. The van der Waals surface area contributed by atoms with Gasteiger partial charge in [-0.2, -0.15) is 0 Å². The van der Waals surface area contributed by atoms with E-state index < -0.39 is 0 Å². The number of nitrogens with zero attached hydrogens (tertiary/aromatic N) is 6. The van der Waals surface area contributed by atoms with Crippen molar-refractivity contribution in [1.82, 2.24) is 19.5 Å². The molecule has 2 aliphatic heterocycles. The van der Waals surface area contributed by atoms with E-state index in [0.29, 0.717) is 0 Å². The Morgan fingerprint density at radius 3 is 2.82 bits per heavy atom. The first-order valence-electron chi connectivity index (χ1n) is 7.76. The molecule has 114 valence electrons. The molecule has 0 spiro atoms. The van der Waals surface area contributed by atoms with E-state index >= 15 is 0 Å². The van der Waals surface area contributed by atoms with Crippen LogP contribution >= 0.6 is 0 Å². The van der Waals surface area contributed by atoms with Crippen LogP contribution in [0.2, 0.25) is 0 Å². The minimum atomic E-state index is 0.0102. The largest absolute Gasteiger partial charge is 0.285 e. The molecule has 0 N–H and O–H groups in total. The lowest BCUT2D eigenvalue weighted by Crippen LogP contribution is -2.47. The molecule has 3 heterocycles. The average Bonchev–Trinajstić information content (AvgIpc) is 3.19. The summed E-state index contributed by atoms with van der Waals surface area (Å²) in [5.41, 5.74) is 2.38. The molecular weight excluding hydrogens is 276 g/mol. The van der Waals surface area contributed by atoms with Crippen LogP contribution in [0.15, 0.2) is 41.8 Å². The smallest absolute Gasteiger partial charge is 0.171 e. The molecule has 2 aliphatic rings. The van der Waals surface area contributed by atoms with E-state index in [1.807, 2.05) is 18.9 Å². The number of hydrazine groups is 1. The van der Waals surface area contributed by atoms with Gasteiger partial charge in [0.05, 0.1) is 18.6 Å². The first-order chi connectivity index (χ1) is 10.8. The zero-order valence-corrected chi connectivity index (χ0v) is 12.9. The number of hydrogen-bond acceptors (Lipinski definition) is 5. The van der Waals surface area contributed by atoms with Gasteiger partial charge in [-0.3, -0.25) is 14.5 Å². The topological polar surface area (TPSA) is 39.9 Å². The summed E-state index contributed by atoms with van der Waals surface area (Å²) in [4.78, 5) is 11.5. The van der Waals surface area contributed by atoms with Crippen LogP contribution in [0.1, 0.15) is 25.6 Å². The highest BCUT2D eigenvalue weighted by atomic mass is 15.7. The Hall–Kier alpha value is -2.34. The Morgan fingerprint density at radius 2 is 2.00 bits per heavy atom. The molecule has 2 aromatic rings. The van der Waals surface area contributed by atoms with Crippen LogP contribution in [0, 0.1) is 0 Å². The molecule has 6 nitrogen and oxygen atoms in total. The monoisotopic (exact) mass is 296 g/mol. The molecule has 0 saturated carbocycles. The summed E-state index contributed by atoms with van der Waals surface area (Å²) >= 11 is 0. The minimum absolute atomic E-state index is 0.0102. The summed E-state index contributed by atoms with van der Waals surface area (Å²) in [5.74, 6) is 1.06. The third kappa shape index (κ3) is 1.84. The summed E-state index contributed by atoms with van der Waals surface area (Å²) in [6, 6.07) is 8.40. The van der Waals surface area contributed by atoms with Crippen molar-refractivity contribution < 1.29 is 0 Å². The van der Waals surface area contributed by atoms with Gasteiger partial charge in [-0.05, 0) is 19.2 Å². The molecule has 6 heteroatoms. The standard InChI is InChI=1S/C16H20N6/c1-3-19(4-2)12-20-11-18-16-13-7-5-6-8-14(13)21-10-17-9-15(21)22(16)20/h5-11,16H,3-4,12H2,1-2H3. The van der Waals surface area contributed by atoms with Crippen LogP contribution in [-0.2, 0) is 0 Å². The summed E-state index contributed by atoms with van der Waals surface area (Å²) in [6.45, 7) is 7.25. The number of rotatable bonds is 4. The second-order valence-corrected chi connectivity index (χ2v) is 5.55. The van der Waals surface area contributed by atoms with E-state index in [1.165, 1.54) is 5.56 Å². The van der Waals surface area contributed by atoms with Gasteiger partial charge in [0.2, 0.25) is 0 Å². The Labute approximate surface area is 130 Å². The second kappa shape index (κ2) is 5.14. The van der Waals surface area contributed by atoms with Gasteiger partial charge in [0.1, 0.15) is 12.7 Å². The highest BCUT2D eigenvalue weighted by molar-refractivity contribution is 5.69. The van der Waals surface area contributed by atoms with Crippen molar-refractivity contribution in [2.24, 2.45) is 4.99 Å². The molecule has 1 atom stereocenters. The lowest BCUT2D eigenvalue weighted by atomic mass is 10.1. The van der Waals surface area contributed by atoms with Crippen molar-refractivity contribution in [3.05, 3.63) is 42.4 Å². The summed E-state index contributed by atoms with van der Waals surface area (Å²) in [5, 5.41) is 4.41. The number of para-hydroxylation sites is 1. The normalized spacial score (nSPS) is 18.6. The first kappa shape index (κ1) is 13.3. The third-order valence-corrected chi connectivity index (χ3v) is 4.42. The molecule has 4 rings (SSSR count). The predicted molar refractivity (Wildman–Crippen MR) is 86.9 cm³/mol. The summed E-state index contributed by atoms with van der Waals surface area (Å²) < 4.78 is 2.13. The highest BCUT2D eigenvalue weighted by Gasteiger charge is 2.37. The predicted octanol–water partition coefficient (Wildman–Crippen LogP) is 2.25. The van der Waals surface area contributed by atoms with Crippen LogP contribution < -0.4 is 5.01 Å². The SMILES string of the molecule is CCN(CC)CN1C=NC2c3ccccc3-n3cncc3N21. The fourth-order valence-corrected chi connectivity index (χ4v) is 3.17. The molecule has 1 aromatic carbocycles. The minimum Gasteiger partial charge on any atom is -0.285 e. The van der Waals surface area contributed by atoms with Gasteiger partial charge in [0, 0.05) is 5.56 Å². The van der Waals surface area contributed by atoms with E-state index in [-0.39, 0.29) is 6.17 Å². The van der Waals surface area contributed by atoms with Gasteiger partial charge in [0.25, 0.3) is 0 Å². The summed E-state index contributed by atoms with van der Waals surface area (Å²) in [7, 11) is 0. The van der Waals surface area contributed by atoms with Gasteiger partial charge < -0.3 is 0 Å². The van der Waals surface area contributed by atoms with Gasteiger partial charge in [-0.1, -0.05) is 32.0 Å². The Morgan fingerprint density at radius 1 is 1.18 bits per heavy atom. The molecule has 0 bridgehead atoms. The van der Waals surface area contributed by atoms with Gasteiger partial charge in [0.15, 0.2) is 12.0 Å². The number of aliphatic imine (C=N–C) groups is 1. The molecule has 0 amide bonds. The maximum absolute atomic E-state index is 4.74. The Kier molecular flexibility index (Phi) is 3.11. The Balaban J connectivity index is 1.75. The van der Waals surface area contributed by atoms with Crippen molar-refractivity contribution in [1.29, 1.82) is 0 Å². The summed E-state index contributed by atoms with van der Waals surface area (Å²) in [6.07, 6.45) is 5.74. The van der Waals surface area contributed by atoms with Crippen LogP contribution in [0.3, 0.4) is 0 Å². The van der Waals surface area contributed by atoms with E-state index in [9.17, 15) is 0 Å². The van der Waals surface area contributed by atoms with Crippen molar-refractivity contribution in [3.8, 4) is 5.69 Å². The highest BCUT2D eigenvalue weighted by Crippen LogP contribution is 2.41. The molecule has 0 fully saturated rings. The van der Waals surface area contributed by atoms with E-state index in [1.54, 1.807) is 0 Å². The maximum atomic E-state index is 4.74. The number of benzene rings is 1.